The number of hydrogen-bond donors (Lipinski definition) is 3. The molecule has 4 N–H and O–H groups in total. The molecule has 2 aliphatic rings. The van der Waals surface area contributed by atoms with E-state index in [1.807, 2.05) is 18.2 Å². The summed E-state index contributed by atoms with van der Waals surface area (Å²) in [5.41, 5.74) is 5.77. The molecule has 0 bridgehead atoms. The van der Waals surface area contributed by atoms with E-state index in [0.717, 1.165) is 36.8 Å². The van der Waals surface area contributed by atoms with Crippen LogP contribution in [0.15, 0.2) is 42.5 Å². The lowest BCUT2D eigenvalue weighted by Crippen LogP contribution is -2.56. The molecular formula is C25H27N5O4. The number of amides is 2. The maximum Gasteiger partial charge on any atom is 0.358 e. The largest absolute Gasteiger partial charge is 0.444 e. The van der Waals surface area contributed by atoms with E-state index in [-0.39, 0.29) is 36.3 Å². The van der Waals surface area contributed by atoms with Gasteiger partial charge in [-0.15, -0.1) is 0 Å². The van der Waals surface area contributed by atoms with Crippen molar-refractivity contribution in [2.24, 2.45) is 11.7 Å². The van der Waals surface area contributed by atoms with Gasteiger partial charge in [-0.3, -0.25) is 14.7 Å². The Morgan fingerprint density at radius 2 is 1.82 bits per heavy atom. The summed E-state index contributed by atoms with van der Waals surface area (Å²) >= 11 is 0. The van der Waals surface area contributed by atoms with E-state index in [1.165, 1.54) is 6.42 Å². The van der Waals surface area contributed by atoms with E-state index < -0.39 is 17.5 Å². The first-order valence-electron chi connectivity index (χ1n) is 11.7. The lowest BCUT2D eigenvalue weighted by Gasteiger charge is -2.43. The minimum Gasteiger partial charge on any atom is -0.444 e. The van der Waals surface area contributed by atoms with Crippen LogP contribution < -0.4 is 11.1 Å². The monoisotopic (exact) mass is 461 g/mol. The van der Waals surface area contributed by atoms with Gasteiger partial charge in [0.25, 0.3) is 5.91 Å². The molecule has 0 unspecified atom stereocenters. The molecule has 0 radical (unpaired) electrons. The first-order valence-corrected chi connectivity index (χ1v) is 11.7. The summed E-state index contributed by atoms with van der Waals surface area (Å²) in [6.07, 6.45) is 5.62. The van der Waals surface area contributed by atoms with Gasteiger partial charge in [0.05, 0.1) is 5.52 Å². The molecule has 9 heteroatoms. The number of H-pyrrole nitrogens is 1. The Labute approximate surface area is 196 Å². The van der Waals surface area contributed by atoms with Crippen LogP contribution in [0.3, 0.4) is 0 Å². The smallest absolute Gasteiger partial charge is 0.358 e. The second kappa shape index (κ2) is 8.89. The molecule has 2 saturated carbocycles. The fourth-order valence-corrected chi connectivity index (χ4v) is 4.90. The number of nitrogens with zero attached hydrogens (tertiary/aromatic N) is 2. The third-order valence-corrected chi connectivity index (χ3v) is 6.96. The molecule has 2 heterocycles. The number of rotatable bonds is 6. The fraction of sp³-hybridized carbons (Fsp3) is 0.400. The topological polar surface area (TPSA) is 140 Å². The molecule has 34 heavy (non-hydrogen) atoms. The normalized spacial score (nSPS) is 22.6. The molecule has 2 aromatic heterocycles. The first kappa shape index (κ1) is 22.1. The van der Waals surface area contributed by atoms with Crippen molar-refractivity contribution < 1.29 is 19.1 Å². The zero-order valence-electron chi connectivity index (χ0n) is 18.8. The van der Waals surface area contributed by atoms with Gasteiger partial charge in [-0.1, -0.05) is 43.5 Å². The molecule has 5 rings (SSSR count). The standard InChI is InChI=1S/C25H27N5O4/c26-24(33)25(34-23(32)19-11-10-15-6-4-5-9-18(15)27-19)13-17(14-25)20-12-21(30-29-20)28-22(31)16-7-2-1-3-8-16/h4-6,9-12,16-17H,1-3,7-8,13-14H2,(H2,26,33)(H2,28,29,30,31). The molecule has 176 valence electrons. The number of nitrogens with one attached hydrogen (secondary N) is 2. The lowest BCUT2D eigenvalue weighted by atomic mass is 9.68. The minimum absolute atomic E-state index is 0.00495. The van der Waals surface area contributed by atoms with Gasteiger partial charge < -0.3 is 15.8 Å². The molecule has 0 spiro atoms. The zero-order chi connectivity index (χ0) is 23.7. The number of para-hydroxylation sites is 1. The van der Waals surface area contributed by atoms with Crippen LogP contribution >= 0.6 is 0 Å². The van der Waals surface area contributed by atoms with Crippen molar-refractivity contribution in [2.75, 3.05) is 5.32 Å². The Balaban J connectivity index is 1.23. The summed E-state index contributed by atoms with van der Waals surface area (Å²) in [5.74, 6) is -0.994. The molecular weight excluding hydrogens is 434 g/mol. The maximum absolute atomic E-state index is 12.8. The Morgan fingerprint density at radius 1 is 1.06 bits per heavy atom. The molecule has 0 saturated heterocycles. The predicted molar refractivity (Wildman–Crippen MR) is 125 cm³/mol. The summed E-state index contributed by atoms with van der Waals surface area (Å²) < 4.78 is 5.59. The average Bonchev–Trinajstić information content (AvgIpc) is 3.28. The second-order valence-corrected chi connectivity index (χ2v) is 9.28. The maximum atomic E-state index is 12.8. The van der Waals surface area contributed by atoms with Crippen LogP contribution in [0.4, 0.5) is 5.82 Å². The van der Waals surface area contributed by atoms with Gasteiger partial charge in [0, 0.05) is 41.8 Å². The molecule has 9 nitrogen and oxygen atoms in total. The average molecular weight is 462 g/mol. The van der Waals surface area contributed by atoms with Crippen molar-refractivity contribution in [1.82, 2.24) is 15.2 Å². The van der Waals surface area contributed by atoms with Crippen LogP contribution in [0.2, 0.25) is 0 Å². The summed E-state index contributed by atoms with van der Waals surface area (Å²) in [4.78, 5) is 41.8. The van der Waals surface area contributed by atoms with Crippen molar-refractivity contribution in [1.29, 1.82) is 0 Å². The number of esters is 1. The van der Waals surface area contributed by atoms with Gasteiger partial charge in [-0.25, -0.2) is 9.78 Å². The SMILES string of the molecule is NC(=O)C1(OC(=O)c2ccc3ccccc3n2)CC(c2cc(NC(=O)C3CCCCC3)n[nH]2)C1. The van der Waals surface area contributed by atoms with Gasteiger partial charge >= 0.3 is 5.97 Å². The number of ether oxygens (including phenoxy) is 1. The summed E-state index contributed by atoms with van der Waals surface area (Å²) in [7, 11) is 0. The summed E-state index contributed by atoms with van der Waals surface area (Å²) in [6, 6.07) is 12.6. The number of carbonyl (C=O) groups excluding carboxylic acids is 3. The van der Waals surface area contributed by atoms with Crippen molar-refractivity contribution in [2.45, 2.75) is 56.5 Å². The number of nitrogens with two attached hydrogens (primary N) is 1. The zero-order valence-corrected chi connectivity index (χ0v) is 18.8. The van der Waals surface area contributed by atoms with Gasteiger partial charge in [-0.05, 0) is 25.0 Å². The number of aromatic nitrogens is 3. The van der Waals surface area contributed by atoms with Crippen molar-refractivity contribution in [3.63, 3.8) is 0 Å². The Kier molecular flexibility index (Phi) is 5.77. The van der Waals surface area contributed by atoms with E-state index in [1.54, 1.807) is 24.3 Å². The van der Waals surface area contributed by atoms with E-state index in [0.29, 0.717) is 11.3 Å². The van der Waals surface area contributed by atoms with Crippen LogP contribution in [0, 0.1) is 5.92 Å². The molecule has 2 amide bonds. The number of hydrogen-bond acceptors (Lipinski definition) is 6. The highest BCUT2D eigenvalue weighted by molar-refractivity contribution is 5.95. The highest BCUT2D eigenvalue weighted by Gasteiger charge is 2.54. The summed E-state index contributed by atoms with van der Waals surface area (Å²) in [6.45, 7) is 0. The van der Waals surface area contributed by atoms with E-state index in [2.05, 4.69) is 20.5 Å². The minimum atomic E-state index is -1.40. The van der Waals surface area contributed by atoms with Crippen LogP contribution in [0.25, 0.3) is 10.9 Å². The molecule has 1 aromatic carbocycles. The van der Waals surface area contributed by atoms with Gasteiger partial charge in [-0.2, -0.15) is 5.10 Å². The molecule has 0 atom stereocenters. The van der Waals surface area contributed by atoms with Gasteiger partial charge in [0.15, 0.2) is 11.4 Å². The number of benzene rings is 1. The molecule has 0 aliphatic heterocycles. The van der Waals surface area contributed by atoms with Crippen LogP contribution in [-0.4, -0.2) is 38.6 Å². The predicted octanol–water partition coefficient (Wildman–Crippen LogP) is 3.44. The van der Waals surface area contributed by atoms with Crippen molar-refractivity contribution in [3.05, 3.63) is 53.9 Å². The number of pyridine rings is 1. The van der Waals surface area contributed by atoms with E-state index >= 15 is 0 Å². The number of fused-ring (bicyclic) bond motifs is 1. The highest BCUT2D eigenvalue weighted by Crippen LogP contribution is 2.47. The lowest BCUT2D eigenvalue weighted by molar-refractivity contribution is -0.149. The van der Waals surface area contributed by atoms with Crippen LogP contribution in [-0.2, 0) is 14.3 Å². The Morgan fingerprint density at radius 3 is 2.59 bits per heavy atom. The number of anilines is 1. The molecule has 2 fully saturated rings. The van der Waals surface area contributed by atoms with Crippen LogP contribution in [0.5, 0.6) is 0 Å². The molecule has 2 aliphatic carbocycles. The van der Waals surface area contributed by atoms with Gasteiger partial charge in [0.1, 0.15) is 5.69 Å². The number of aromatic amines is 1. The van der Waals surface area contributed by atoms with Crippen molar-refractivity contribution >= 4 is 34.5 Å². The quantitative estimate of drug-likeness (QED) is 0.481. The van der Waals surface area contributed by atoms with E-state index in [9.17, 15) is 14.4 Å². The number of primary amides is 1. The molecule has 3 aromatic rings. The van der Waals surface area contributed by atoms with Gasteiger partial charge in [0.2, 0.25) is 5.91 Å². The third kappa shape index (κ3) is 4.25. The third-order valence-electron chi connectivity index (χ3n) is 6.96. The van der Waals surface area contributed by atoms with E-state index in [4.69, 9.17) is 10.5 Å². The summed E-state index contributed by atoms with van der Waals surface area (Å²) in [5, 5.41) is 10.9. The second-order valence-electron chi connectivity index (χ2n) is 9.28. The first-order chi connectivity index (χ1) is 16.4. The van der Waals surface area contributed by atoms with Crippen molar-refractivity contribution in [3.8, 4) is 0 Å². The Hall–Kier alpha value is -3.75. The van der Waals surface area contributed by atoms with Crippen LogP contribution in [0.1, 0.15) is 67.0 Å². The fourth-order valence-electron chi connectivity index (χ4n) is 4.90. The Bertz CT molecular complexity index is 1240. The highest BCUT2D eigenvalue weighted by atomic mass is 16.6. The number of carbonyl (C=O) groups is 3.